The van der Waals surface area contributed by atoms with Crippen molar-refractivity contribution in [2.24, 2.45) is 10.8 Å². The molecule has 1 rings (SSSR count). The normalized spacial score (nSPS) is 14.2. The lowest BCUT2D eigenvalue weighted by Gasteiger charge is -2.42. The van der Waals surface area contributed by atoms with Crippen LogP contribution in [0.25, 0.3) is 0 Å². The third-order valence-electron chi connectivity index (χ3n) is 4.18. The van der Waals surface area contributed by atoms with Crippen LogP contribution >= 0.6 is 0 Å². The largest absolute Gasteiger partial charge is 0.372 e. The topological polar surface area (TPSA) is 9.23 Å². The molecule has 21 heavy (non-hydrogen) atoms. The van der Waals surface area contributed by atoms with Crippen LogP contribution in [0, 0.1) is 10.8 Å². The first kappa shape index (κ1) is 18.2. The molecule has 0 spiro atoms. The first-order chi connectivity index (χ1) is 9.77. The number of unbranched alkanes of at least 4 members (excludes halogenated alkanes) is 2. The minimum atomic E-state index is 0.157. The van der Waals surface area contributed by atoms with Crippen molar-refractivity contribution in [3.8, 4) is 0 Å². The minimum absolute atomic E-state index is 0.157. The fourth-order valence-corrected chi connectivity index (χ4v) is 3.36. The number of ether oxygens (including phenoxy) is 1. The molecule has 0 aliphatic carbocycles. The van der Waals surface area contributed by atoms with Crippen LogP contribution in [0.2, 0.25) is 0 Å². The van der Waals surface area contributed by atoms with Gasteiger partial charge in [0.05, 0.1) is 12.7 Å². The van der Waals surface area contributed by atoms with Crippen LogP contribution in [-0.2, 0) is 11.3 Å². The smallest absolute Gasteiger partial charge is 0.0721 e. The maximum absolute atomic E-state index is 6.39. The van der Waals surface area contributed by atoms with Crippen LogP contribution in [0.4, 0.5) is 0 Å². The summed E-state index contributed by atoms with van der Waals surface area (Å²) in [5.41, 5.74) is 1.63. The third-order valence-corrected chi connectivity index (χ3v) is 4.18. The summed E-state index contributed by atoms with van der Waals surface area (Å²) in [6.07, 6.45) is 5.39. The van der Waals surface area contributed by atoms with Gasteiger partial charge in [0.25, 0.3) is 0 Å². The van der Waals surface area contributed by atoms with E-state index in [1.807, 2.05) is 0 Å². The van der Waals surface area contributed by atoms with Crippen molar-refractivity contribution >= 4 is 0 Å². The summed E-state index contributed by atoms with van der Waals surface area (Å²) >= 11 is 0. The second-order valence-electron chi connectivity index (χ2n) is 7.99. The second-order valence-corrected chi connectivity index (χ2v) is 7.99. The average molecular weight is 290 g/mol. The standard InChI is InChI=1S/C20H34O/c1-7-8-12-15-20(5,6)18(19(2,3)4)21-16-17-13-10-9-11-14-17/h9-11,13-14,18H,7-8,12,15-16H2,1-6H3. The van der Waals surface area contributed by atoms with Gasteiger partial charge in [0.1, 0.15) is 0 Å². The van der Waals surface area contributed by atoms with Crippen LogP contribution in [0.1, 0.15) is 72.8 Å². The highest BCUT2D eigenvalue weighted by molar-refractivity contribution is 5.13. The summed E-state index contributed by atoms with van der Waals surface area (Å²) < 4.78 is 6.39. The van der Waals surface area contributed by atoms with E-state index in [4.69, 9.17) is 4.74 Å². The van der Waals surface area contributed by atoms with Crippen molar-refractivity contribution < 1.29 is 4.74 Å². The lowest BCUT2D eigenvalue weighted by Crippen LogP contribution is -2.42. The highest BCUT2D eigenvalue weighted by Gasteiger charge is 2.38. The molecule has 0 radical (unpaired) electrons. The van der Waals surface area contributed by atoms with Gasteiger partial charge < -0.3 is 4.74 Å². The van der Waals surface area contributed by atoms with Gasteiger partial charge in [0.2, 0.25) is 0 Å². The van der Waals surface area contributed by atoms with Crippen molar-refractivity contribution in [3.05, 3.63) is 35.9 Å². The van der Waals surface area contributed by atoms with E-state index in [9.17, 15) is 0 Å². The van der Waals surface area contributed by atoms with Crippen molar-refractivity contribution in [1.29, 1.82) is 0 Å². The van der Waals surface area contributed by atoms with Crippen LogP contribution in [0.3, 0.4) is 0 Å². The first-order valence-corrected chi connectivity index (χ1v) is 8.43. The van der Waals surface area contributed by atoms with E-state index < -0.39 is 0 Å². The lowest BCUT2D eigenvalue weighted by atomic mass is 9.70. The Kier molecular flexibility index (Phi) is 6.93. The molecule has 0 saturated carbocycles. The monoisotopic (exact) mass is 290 g/mol. The SMILES string of the molecule is CCCCCC(C)(C)C(OCc1ccccc1)C(C)(C)C. The van der Waals surface area contributed by atoms with Gasteiger partial charge >= 0.3 is 0 Å². The molecule has 0 aromatic heterocycles. The Balaban J connectivity index is 2.71. The van der Waals surface area contributed by atoms with E-state index in [2.05, 4.69) is 71.9 Å². The summed E-state index contributed by atoms with van der Waals surface area (Å²) in [5.74, 6) is 0. The van der Waals surface area contributed by atoms with Crippen molar-refractivity contribution in [2.45, 2.75) is 79.9 Å². The van der Waals surface area contributed by atoms with Gasteiger partial charge in [0, 0.05) is 0 Å². The quantitative estimate of drug-likeness (QED) is 0.516. The highest BCUT2D eigenvalue weighted by Crippen LogP contribution is 2.40. The van der Waals surface area contributed by atoms with Gasteiger partial charge in [0.15, 0.2) is 0 Å². The fourth-order valence-electron chi connectivity index (χ4n) is 3.36. The van der Waals surface area contributed by atoms with Crippen LogP contribution < -0.4 is 0 Å². The van der Waals surface area contributed by atoms with E-state index in [1.165, 1.54) is 31.2 Å². The van der Waals surface area contributed by atoms with Gasteiger partial charge in [-0.15, -0.1) is 0 Å². The molecule has 120 valence electrons. The van der Waals surface area contributed by atoms with E-state index in [-0.39, 0.29) is 16.9 Å². The summed E-state index contributed by atoms with van der Waals surface area (Å²) in [4.78, 5) is 0. The second kappa shape index (κ2) is 7.98. The Hall–Kier alpha value is -0.820. The summed E-state index contributed by atoms with van der Waals surface area (Å²) in [6, 6.07) is 10.5. The molecule has 1 nitrogen and oxygen atoms in total. The van der Waals surface area contributed by atoms with Crippen molar-refractivity contribution in [3.63, 3.8) is 0 Å². The highest BCUT2D eigenvalue weighted by atomic mass is 16.5. The molecule has 0 heterocycles. The Labute approximate surface area is 132 Å². The maximum atomic E-state index is 6.39. The predicted molar refractivity (Wildman–Crippen MR) is 92.4 cm³/mol. The van der Waals surface area contributed by atoms with E-state index in [0.29, 0.717) is 6.61 Å². The number of rotatable bonds is 8. The number of benzene rings is 1. The van der Waals surface area contributed by atoms with Gasteiger partial charge in [-0.25, -0.2) is 0 Å². The van der Waals surface area contributed by atoms with Crippen LogP contribution in [-0.4, -0.2) is 6.10 Å². The minimum Gasteiger partial charge on any atom is -0.372 e. The lowest BCUT2D eigenvalue weighted by molar-refractivity contribution is -0.100. The molecule has 0 saturated heterocycles. The zero-order chi connectivity index (χ0) is 15.9. The molecular weight excluding hydrogens is 256 g/mol. The summed E-state index contributed by atoms with van der Waals surface area (Å²) in [6.45, 7) is 14.6. The van der Waals surface area contributed by atoms with Crippen molar-refractivity contribution in [2.75, 3.05) is 0 Å². The van der Waals surface area contributed by atoms with Crippen LogP contribution in [0.5, 0.6) is 0 Å². The zero-order valence-electron chi connectivity index (χ0n) is 14.9. The van der Waals surface area contributed by atoms with Crippen LogP contribution in [0.15, 0.2) is 30.3 Å². The number of hydrogen-bond acceptors (Lipinski definition) is 1. The Morgan fingerprint density at radius 1 is 0.952 bits per heavy atom. The zero-order valence-corrected chi connectivity index (χ0v) is 14.9. The van der Waals surface area contributed by atoms with Gasteiger partial charge in [-0.2, -0.15) is 0 Å². The Morgan fingerprint density at radius 2 is 1.57 bits per heavy atom. The molecule has 0 fully saturated rings. The Morgan fingerprint density at radius 3 is 2.10 bits per heavy atom. The molecule has 1 heteroatoms. The van der Waals surface area contributed by atoms with Crippen molar-refractivity contribution in [1.82, 2.24) is 0 Å². The molecule has 0 aliphatic heterocycles. The molecule has 1 unspecified atom stereocenters. The molecule has 1 aromatic carbocycles. The first-order valence-electron chi connectivity index (χ1n) is 8.43. The molecule has 0 aliphatic rings. The van der Waals surface area contributed by atoms with E-state index >= 15 is 0 Å². The average Bonchev–Trinajstić information content (AvgIpc) is 2.38. The number of hydrogen-bond donors (Lipinski definition) is 0. The molecule has 0 bridgehead atoms. The molecular formula is C20H34O. The molecule has 1 aromatic rings. The summed E-state index contributed by atoms with van der Waals surface area (Å²) in [5, 5.41) is 0. The third kappa shape index (κ3) is 6.22. The van der Waals surface area contributed by atoms with E-state index in [1.54, 1.807) is 0 Å². The Bertz CT molecular complexity index is 386. The predicted octanol–water partition coefficient (Wildman–Crippen LogP) is 6.22. The van der Waals surface area contributed by atoms with Gasteiger partial charge in [-0.1, -0.05) is 91.1 Å². The van der Waals surface area contributed by atoms with Gasteiger partial charge in [-0.3, -0.25) is 0 Å². The van der Waals surface area contributed by atoms with E-state index in [0.717, 1.165) is 0 Å². The molecule has 0 amide bonds. The van der Waals surface area contributed by atoms with Gasteiger partial charge in [-0.05, 0) is 22.8 Å². The maximum Gasteiger partial charge on any atom is 0.0721 e. The fraction of sp³-hybridized carbons (Fsp3) is 0.700. The molecule has 1 atom stereocenters. The summed E-state index contributed by atoms with van der Waals surface area (Å²) in [7, 11) is 0. The molecule has 0 N–H and O–H groups in total.